The van der Waals surface area contributed by atoms with Crippen LogP contribution in [0.2, 0.25) is 0 Å². The molecule has 1 saturated carbocycles. The number of imidazole rings is 1. The molecule has 1 N–H and O–H groups in total. The van der Waals surface area contributed by atoms with Crippen molar-refractivity contribution in [3.8, 4) is 5.82 Å². The number of aryl methyl sites for hydroxylation is 1. The van der Waals surface area contributed by atoms with E-state index in [0.717, 1.165) is 24.0 Å². The second-order valence-corrected chi connectivity index (χ2v) is 6.99. The zero-order valence-corrected chi connectivity index (χ0v) is 15.0. The molecule has 3 rings (SSSR count). The van der Waals surface area contributed by atoms with Crippen LogP contribution in [0.5, 0.6) is 0 Å². The lowest BCUT2D eigenvalue weighted by atomic mass is 9.88. The summed E-state index contributed by atoms with van der Waals surface area (Å²) in [5.74, 6) is 2.54. The molecule has 1 aliphatic rings. The summed E-state index contributed by atoms with van der Waals surface area (Å²) in [7, 11) is 4.40. The number of hydrogen-bond acceptors (Lipinski definition) is 5. The first-order valence-electron chi connectivity index (χ1n) is 8.84. The molecule has 0 amide bonds. The SMILES string of the molecule is Cc1nccn1-c1cncc(NCC2(N(C)C)CCCCCC2)n1. The molecule has 0 radical (unpaired) electrons. The van der Waals surface area contributed by atoms with Crippen LogP contribution in [0, 0.1) is 6.92 Å². The highest BCUT2D eigenvalue weighted by molar-refractivity contribution is 5.37. The summed E-state index contributed by atoms with van der Waals surface area (Å²) in [4.78, 5) is 15.7. The predicted molar refractivity (Wildman–Crippen MR) is 96.5 cm³/mol. The Bertz CT molecular complexity index is 655. The van der Waals surface area contributed by atoms with Crippen LogP contribution in [0.1, 0.15) is 44.3 Å². The van der Waals surface area contributed by atoms with Gasteiger partial charge >= 0.3 is 0 Å². The van der Waals surface area contributed by atoms with Crippen molar-refractivity contribution >= 4 is 5.82 Å². The van der Waals surface area contributed by atoms with Crippen LogP contribution in [0.4, 0.5) is 5.82 Å². The second-order valence-electron chi connectivity index (χ2n) is 6.99. The Hall–Kier alpha value is -1.95. The van der Waals surface area contributed by atoms with E-state index in [-0.39, 0.29) is 5.54 Å². The molecule has 0 aromatic carbocycles. The van der Waals surface area contributed by atoms with Crippen LogP contribution < -0.4 is 5.32 Å². The van der Waals surface area contributed by atoms with Crippen molar-refractivity contribution in [2.24, 2.45) is 0 Å². The summed E-state index contributed by atoms with van der Waals surface area (Å²) < 4.78 is 1.95. The van der Waals surface area contributed by atoms with Crippen molar-refractivity contribution in [3.05, 3.63) is 30.6 Å². The molecule has 1 fully saturated rings. The fraction of sp³-hybridized carbons (Fsp3) is 0.611. The third-order valence-corrected chi connectivity index (χ3v) is 5.28. The van der Waals surface area contributed by atoms with Crippen molar-refractivity contribution in [1.29, 1.82) is 0 Å². The molecule has 6 nitrogen and oxygen atoms in total. The summed E-state index contributed by atoms with van der Waals surface area (Å²) in [6.07, 6.45) is 15.1. The van der Waals surface area contributed by atoms with Gasteiger partial charge in [0, 0.05) is 24.5 Å². The van der Waals surface area contributed by atoms with Crippen LogP contribution in [0.25, 0.3) is 5.82 Å². The molecule has 1 aliphatic carbocycles. The Morgan fingerprint density at radius 2 is 1.92 bits per heavy atom. The van der Waals surface area contributed by atoms with Crippen molar-refractivity contribution in [2.75, 3.05) is 26.0 Å². The van der Waals surface area contributed by atoms with Gasteiger partial charge in [-0.25, -0.2) is 9.97 Å². The molecule has 6 heteroatoms. The van der Waals surface area contributed by atoms with Gasteiger partial charge in [-0.1, -0.05) is 25.7 Å². The van der Waals surface area contributed by atoms with Crippen molar-refractivity contribution < 1.29 is 0 Å². The lowest BCUT2D eigenvalue weighted by Crippen LogP contribution is -2.49. The van der Waals surface area contributed by atoms with Gasteiger partial charge < -0.3 is 10.2 Å². The average molecular weight is 328 g/mol. The molecule has 2 aromatic rings. The first-order chi connectivity index (χ1) is 11.6. The summed E-state index contributed by atoms with van der Waals surface area (Å²) >= 11 is 0. The molecule has 0 saturated heterocycles. The molecule has 0 aliphatic heterocycles. The van der Waals surface area contributed by atoms with E-state index in [4.69, 9.17) is 4.98 Å². The molecule has 2 aromatic heterocycles. The maximum atomic E-state index is 4.71. The number of anilines is 1. The highest BCUT2D eigenvalue weighted by atomic mass is 15.2. The molecule has 0 bridgehead atoms. The summed E-state index contributed by atoms with van der Waals surface area (Å²) in [5, 5.41) is 3.54. The first-order valence-corrected chi connectivity index (χ1v) is 8.84. The number of rotatable bonds is 5. The molecular weight excluding hydrogens is 300 g/mol. The predicted octanol–water partition coefficient (Wildman–Crippen LogP) is 3.04. The van der Waals surface area contributed by atoms with Crippen LogP contribution in [0.3, 0.4) is 0 Å². The molecule has 0 atom stereocenters. The van der Waals surface area contributed by atoms with Crippen molar-refractivity contribution in [1.82, 2.24) is 24.4 Å². The maximum Gasteiger partial charge on any atom is 0.159 e. The lowest BCUT2D eigenvalue weighted by molar-refractivity contribution is 0.143. The standard InChI is InChI=1S/C18H28N6/c1-15-20-10-11-24(15)17-13-19-12-16(22-17)21-14-18(23(2)3)8-6-4-5-7-9-18/h10-13H,4-9,14H2,1-3H3,(H,21,22). The second kappa shape index (κ2) is 7.30. The largest absolute Gasteiger partial charge is 0.367 e. The maximum absolute atomic E-state index is 4.71. The minimum Gasteiger partial charge on any atom is -0.367 e. The fourth-order valence-electron chi connectivity index (χ4n) is 3.60. The number of aromatic nitrogens is 4. The van der Waals surface area contributed by atoms with Gasteiger partial charge in [-0.05, 0) is 33.9 Å². The number of nitrogens with one attached hydrogen (secondary N) is 1. The molecular formula is C18H28N6. The minimum absolute atomic E-state index is 0.207. The van der Waals surface area contributed by atoms with Gasteiger partial charge in [0.15, 0.2) is 5.82 Å². The number of hydrogen-bond donors (Lipinski definition) is 1. The zero-order chi connectivity index (χ0) is 17.0. The molecule has 0 spiro atoms. The van der Waals surface area contributed by atoms with Crippen LogP contribution in [0.15, 0.2) is 24.8 Å². The first kappa shape index (κ1) is 16.9. The molecule has 2 heterocycles. The Labute approximate surface area is 144 Å². The van der Waals surface area contributed by atoms with E-state index in [9.17, 15) is 0 Å². The lowest BCUT2D eigenvalue weighted by Gasteiger charge is -2.39. The van der Waals surface area contributed by atoms with Crippen molar-refractivity contribution in [3.63, 3.8) is 0 Å². The van der Waals surface area contributed by atoms with E-state index in [0.29, 0.717) is 0 Å². The average Bonchev–Trinajstić information content (AvgIpc) is 2.86. The Balaban J connectivity index is 1.75. The summed E-state index contributed by atoms with van der Waals surface area (Å²) in [6, 6.07) is 0. The Morgan fingerprint density at radius 1 is 1.17 bits per heavy atom. The quantitative estimate of drug-likeness (QED) is 0.855. The summed E-state index contributed by atoms with van der Waals surface area (Å²) in [6.45, 7) is 2.87. The van der Waals surface area contributed by atoms with Gasteiger partial charge in [-0.2, -0.15) is 0 Å². The number of likely N-dealkylation sites (N-methyl/N-ethyl adjacent to an activating group) is 1. The normalized spacial score (nSPS) is 17.7. The van der Waals surface area contributed by atoms with Gasteiger partial charge in [0.05, 0.1) is 12.4 Å². The van der Waals surface area contributed by atoms with E-state index < -0.39 is 0 Å². The fourth-order valence-corrected chi connectivity index (χ4v) is 3.60. The van der Waals surface area contributed by atoms with Crippen LogP contribution in [-0.2, 0) is 0 Å². The Morgan fingerprint density at radius 3 is 2.54 bits per heavy atom. The summed E-state index contributed by atoms with van der Waals surface area (Å²) in [5.41, 5.74) is 0.207. The van der Waals surface area contributed by atoms with Gasteiger partial charge in [-0.15, -0.1) is 0 Å². The van der Waals surface area contributed by atoms with Crippen LogP contribution >= 0.6 is 0 Å². The molecule has 0 unspecified atom stereocenters. The van der Waals surface area contributed by atoms with Gasteiger partial charge in [-0.3, -0.25) is 9.55 Å². The van der Waals surface area contributed by atoms with Gasteiger partial charge in [0.2, 0.25) is 0 Å². The van der Waals surface area contributed by atoms with E-state index in [2.05, 4.69) is 34.3 Å². The smallest absolute Gasteiger partial charge is 0.159 e. The monoisotopic (exact) mass is 328 g/mol. The number of nitrogens with zero attached hydrogens (tertiary/aromatic N) is 5. The van der Waals surface area contributed by atoms with Crippen molar-refractivity contribution in [2.45, 2.75) is 51.0 Å². The highest BCUT2D eigenvalue weighted by Crippen LogP contribution is 2.31. The molecule has 24 heavy (non-hydrogen) atoms. The Kier molecular flexibility index (Phi) is 5.14. The highest BCUT2D eigenvalue weighted by Gasteiger charge is 2.33. The van der Waals surface area contributed by atoms with E-state index >= 15 is 0 Å². The third-order valence-electron chi connectivity index (χ3n) is 5.28. The van der Waals surface area contributed by atoms with Gasteiger partial charge in [0.1, 0.15) is 11.6 Å². The van der Waals surface area contributed by atoms with E-state index in [1.165, 1.54) is 38.5 Å². The van der Waals surface area contributed by atoms with Gasteiger partial charge in [0.25, 0.3) is 0 Å². The minimum atomic E-state index is 0.207. The topological polar surface area (TPSA) is 58.9 Å². The molecule has 130 valence electrons. The van der Waals surface area contributed by atoms with E-state index in [1.807, 2.05) is 17.7 Å². The van der Waals surface area contributed by atoms with E-state index in [1.54, 1.807) is 18.6 Å². The van der Waals surface area contributed by atoms with Crippen LogP contribution in [-0.4, -0.2) is 50.6 Å². The zero-order valence-electron chi connectivity index (χ0n) is 15.0. The third kappa shape index (κ3) is 3.59.